The number of carbonyl (C=O) groups excluding carboxylic acids is 2. The van der Waals surface area contributed by atoms with Crippen molar-refractivity contribution < 1.29 is 23.5 Å². The van der Waals surface area contributed by atoms with Gasteiger partial charge in [0.2, 0.25) is 5.91 Å². The minimum Gasteiger partial charge on any atom is -0.384 e. The normalized spacial score (nSPS) is 22.0. The summed E-state index contributed by atoms with van der Waals surface area (Å²) in [5.41, 5.74) is -2.00. The number of nitrogens with zero attached hydrogens (tertiary/aromatic N) is 1. The second-order valence-corrected chi connectivity index (χ2v) is 6.45. The van der Waals surface area contributed by atoms with E-state index in [0.29, 0.717) is 0 Å². The van der Waals surface area contributed by atoms with Gasteiger partial charge in [-0.05, 0) is 25.7 Å². The Hall–Kier alpha value is -1.44. The lowest BCUT2D eigenvalue weighted by atomic mass is 9.92. The zero-order valence-corrected chi connectivity index (χ0v) is 13.2. The molecule has 23 heavy (non-hydrogen) atoms. The molecule has 8 heteroatoms. The largest absolute Gasteiger partial charge is 0.384 e. The van der Waals surface area contributed by atoms with Crippen LogP contribution in [-0.4, -0.2) is 59.6 Å². The first-order chi connectivity index (χ1) is 10.9. The highest BCUT2D eigenvalue weighted by atomic mass is 19.3. The van der Waals surface area contributed by atoms with E-state index in [4.69, 9.17) is 0 Å². The summed E-state index contributed by atoms with van der Waals surface area (Å²) in [5, 5.41) is 15.0. The first-order valence-electron chi connectivity index (χ1n) is 8.23. The van der Waals surface area contributed by atoms with E-state index in [1.54, 1.807) is 0 Å². The lowest BCUT2D eigenvalue weighted by Gasteiger charge is -2.37. The summed E-state index contributed by atoms with van der Waals surface area (Å²) in [6.45, 7) is -0.0111. The van der Waals surface area contributed by atoms with E-state index in [1.165, 1.54) is 11.3 Å². The summed E-state index contributed by atoms with van der Waals surface area (Å²) < 4.78 is 25.4. The molecule has 1 aliphatic heterocycles. The van der Waals surface area contributed by atoms with Crippen molar-refractivity contribution in [2.45, 2.75) is 63.0 Å². The number of rotatable bonds is 4. The van der Waals surface area contributed by atoms with Crippen molar-refractivity contribution in [2.75, 3.05) is 19.6 Å². The van der Waals surface area contributed by atoms with Gasteiger partial charge in [0.25, 0.3) is 6.43 Å². The zero-order valence-electron chi connectivity index (χ0n) is 13.2. The number of likely N-dealkylation sites (tertiary alicyclic amines) is 1. The first-order valence-corrected chi connectivity index (χ1v) is 8.23. The Kier molecular flexibility index (Phi) is 6.15. The fourth-order valence-corrected chi connectivity index (χ4v) is 3.11. The monoisotopic (exact) mass is 333 g/mol. The average Bonchev–Trinajstić information content (AvgIpc) is 2.54. The number of piperidine rings is 1. The van der Waals surface area contributed by atoms with Gasteiger partial charge in [0, 0.05) is 19.1 Å². The molecule has 2 fully saturated rings. The van der Waals surface area contributed by atoms with Crippen molar-refractivity contribution in [1.29, 1.82) is 0 Å². The Bertz CT molecular complexity index is 420. The van der Waals surface area contributed by atoms with Crippen molar-refractivity contribution >= 4 is 11.9 Å². The minimum atomic E-state index is -2.81. The number of carbonyl (C=O) groups is 2. The highest BCUT2D eigenvalue weighted by Gasteiger charge is 2.41. The Balaban J connectivity index is 1.68. The van der Waals surface area contributed by atoms with E-state index in [-0.39, 0.29) is 50.5 Å². The molecule has 6 nitrogen and oxygen atoms in total. The zero-order chi connectivity index (χ0) is 16.9. The van der Waals surface area contributed by atoms with Gasteiger partial charge in [-0.1, -0.05) is 19.3 Å². The van der Waals surface area contributed by atoms with Crippen molar-refractivity contribution in [1.82, 2.24) is 15.5 Å². The third-order valence-corrected chi connectivity index (χ3v) is 4.73. The fraction of sp³-hybridized carbons (Fsp3) is 0.867. The second-order valence-electron chi connectivity index (χ2n) is 6.45. The number of halogens is 2. The topological polar surface area (TPSA) is 81.7 Å². The van der Waals surface area contributed by atoms with Crippen molar-refractivity contribution in [3.05, 3.63) is 0 Å². The molecule has 2 aliphatic rings. The van der Waals surface area contributed by atoms with Gasteiger partial charge in [0.05, 0.1) is 6.54 Å². The standard InChI is InChI=1S/C15H25F2N3O3/c16-13(17)15(23)6-8-20(9-7-15)12(21)10-18-14(22)19-11-4-2-1-3-5-11/h11,13,23H,1-10H2,(H2,18,19,22). The van der Waals surface area contributed by atoms with E-state index in [0.717, 1.165) is 25.7 Å². The van der Waals surface area contributed by atoms with Gasteiger partial charge >= 0.3 is 6.03 Å². The number of urea groups is 1. The van der Waals surface area contributed by atoms with Crippen molar-refractivity contribution in [3.63, 3.8) is 0 Å². The molecule has 132 valence electrons. The molecule has 0 spiro atoms. The Labute approximate surface area is 134 Å². The van der Waals surface area contributed by atoms with E-state index in [2.05, 4.69) is 10.6 Å². The average molecular weight is 333 g/mol. The number of hydrogen-bond donors (Lipinski definition) is 3. The summed E-state index contributed by atoms with van der Waals surface area (Å²) in [4.78, 5) is 25.1. The molecule has 0 unspecified atom stereocenters. The minimum absolute atomic E-state index is 0.0750. The first kappa shape index (κ1) is 17.9. The van der Waals surface area contributed by atoms with E-state index >= 15 is 0 Å². The van der Waals surface area contributed by atoms with Crippen LogP contribution in [0.25, 0.3) is 0 Å². The Morgan fingerprint density at radius 1 is 1.17 bits per heavy atom. The van der Waals surface area contributed by atoms with Crippen LogP contribution in [0, 0.1) is 0 Å². The smallest absolute Gasteiger partial charge is 0.315 e. The molecule has 0 bridgehead atoms. The predicted octanol–water partition coefficient (Wildman–Crippen LogP) is 1.24. The summed E-state index contributed by atoms with van der Waals surface area (Å²) >= 11 is 0. The number of nitrogens with one attached hydrogen (secondary N) is 2. The highest BCUT2D eigenvalue weighted by molar-refractivity contribution is 5.84. The summed E-state index contributed by atoms with van der Waals surface area (Å²) in [7, 11) is 0. The molecule has 0 atom stereocenters. The van der Waals surface area contributed by atoms with Gasteiger partial charge < -0.3 is 20.6 Å². The quantitative estimate of drug-likeness (QED) is 0.724. The molecule has 0 aromatic rings. The molecule has 0 aromatic carbocycles. The number of aliphatic hydroxyl groups is 1. The Morgan fingerprint density at radius 2 is 1.78 bits per heavy atom. The number of alkyl halides is 2. The van der Waals surface area contributed by atoms with E-state index in [9.17, 15) is 23.5 Å². The van der Waals surface area contributed by atoms with E-state index in [1.807, 2.05) is 0 Å². The van der Waals surface area contributed by atoms with Gasteiger partial charge in [0.1, 0.15) is 5.60 Å². The third kappa shape index (κ3) is 5.02. The van der Waals surface area contributed by atoms with Crippen LogP contribution in [0.4, 0.5) is 13.6 Å². The maximum absolute atomic E-state index is 12.7. The molecule has 0 aromatic heterocycles. The molecular weight excluding hydrogens is 308 g/mol. The van der Waals surface area contributed by atoms with Gasteiger partial charge in [-0.2, -0.15) is 0 Å². The maximum Gasteiger partial charge on any atom is 0.315 e. The van der Waals surface area contributed by atoms with Crippen molar-refractivity contribution in [2.24, 2.45) is 0 Å². The van der Waals surface area contributed by atoms with E-state index < -0.39 is 12.0 Å². The number of amides is 3. The fourth-order valence-electron chi connectivity index (χ4n) is 3.11. The molecule has 1 aliphatic carbocycles. The van der Waals surface area contributed by atoms with Gasteiger partial charge in [0.15, 0.2) is 0 Å². The molecule has 1 heterocycles. The van der Waals surface area contributed by atoms with Crippen LogP contribution in [0.1, 0.15) is 44.9 Å². The van der Waals surface area contributed by atoms with Crippen LogP contribution in [-0.2, 0) is 4.79 Å². The highest BCUT2D eigenvalue weighted by Crippen LogP contribution is 2.28. The summed E-state index contributed by atoms with van der Waals surface area (Å²) in [5.74, 6) is -0.319. The Morgan fingerprint density at radius 3 is 2.35 bits per heavy atom. The molecule has 1 saturated heterocycles. The van der Waals surface area contributed by atoms with Crippen LogP contribution in [0.15, 0.2) is 0 Å². The van der Waals surface area contributed by atoms with Crippen LogP contribution < -0.4 is 10.6 Å². The van der Waals surface area contributed by atoms with Crippen LogP contribution in [0.5, 0.6) is 0 Å². The lowest BCUT2D eigenvalue weighted by molar-refractivity contribution is -0.146. The molecule has 3 N–H and O–H groups in total. The van der Waals surface area contributed by atoms with Gasteiger partial charge in [-0.15, -0.1) is 0 Å². The molecule has 2 rings (SSSR count). The van der Waals surface area contributed by atoms with Gasteiger partial charge in [-0.3, -0.25) is 4.79 Å². The number of hydrogen-bond acceptors (Lipinski definition) is 3. The second kappa shape index (κ2) is 7.90. The third-order valence-electron chi connectivity index (χ3n) is 4.73. The molecule has 1 saturated carbocycles. The van der Waals surface area contributed by atoms with Crippen LogP contribution in [0.3, 0.4) is 0 Å². The molecule has 0 radical (unpaired) electrons. The molecule has 3 amide bonds. The summed E-state index contributed by atoms with van der Waals surface area (Å²) in [6.07, 6.45) is 2.21. The molecular formula is C15H25F2N3O3. The maximum atomic E-state index is 12.7. The van der Waals surface area contributed by atoms with Gasteiger partial charge in [-0.25, -0.2) is 13.6 Å². The summed E-state index contributed by atoms with van der Waals surface area (Å²) in [6, 6.07) is -0.207. The van der Waals surface area contributed by atoms with Crippen LogP contribution >= 0.6 is 0 Å². The van der Waals surface area contributed by atoms with Crippen LogP contribution in [0.2, 0.25) is 0 Å². The SMILES string of the molecule is O=C(NCC(=O)N1CCC(O)(C(F)F)CC1)NC1CCCCC1. The van der Waals surface area contributed by atoms with Crippen molar-refractivity contribution in [3.8, 4) is 0 Å². The predicted molar refractivity (Wildman–Crippen MR) is 80.2 cm³/mol. The lowest BCUT2D eigenvalue weighted by Crippen LogP contribution is -2.53.